The Balaban J connectivity index is 1.62. The molecule has 0 aliphatic carbocycles. The molecule has 0 atom stereocenters. The van der Waals surface area contributed by atoms with Gasteiger partial charge in [-0.15, -0.1) is 11.3 Å². The third-order valence-corrected chi connectivity index (χ3v) is 4.39. The third-order valence-electron chi connectivity index (χ3n) is 3.48. The van der Waals surface area contributed by atoms with E-state index in [2.05, 4.69) is 30.2 Å². The second kappa shape index (κ2) is 7.31. The van der Waals surface area contributed by atoms with Crippen LogP contribution in [0, 0.1) is 13.8 Å². The van der Waals surface area contributed by atoms with Gasteiger partial charge in [0.2, 0.25) is 5.91 Å². The van der Waals surface area contributed by atoms with E-state index < -0.39 is 0 Å². The molecule has 9 heteroatoms. The van der Waals surface area contributed by atoms with Crippen LogP contribution in [0.1, 0.15) is 22.8 Å². The van der Waals surface area contributed by atoms with Gasteiger partial charge in [0, 0.05) is 29.0 Å². The van der Waals surface area contributed by atoms with Crippen molar-refractivity contribution in [3.8, 4) is 10.7 Å². The molecule has 0 saturated heterocycles. The molecule has 0 aliphatic rings. The van der Waals surface area contributed by atoms with Gasteiger partial charge >= 0.3 is 0 Å². The van der Waals surface area contributed by atoms with Crippen LogP contribution in [0.5, 0.6) is 0 Å². The summed E-state index contributed by atoms with van der Waals surface area (Å²) in [7, 11) is 0. The molecule has 0 bridgehead atoms. The number of nitrogens with one attached hydrogen (secondary N) is 2. The fourth-order valence-corrected chi connectivity index (χ4v) is 3.07. The lowest BCUT2D eigenvalue weighted by atomic mass is 10.1. The molecule has 0 unspecified atom stereocenters. The van der Waals surface area contributed by atoms with Crippen LogP contribution < -0.4 is 10.9 Å². The fraction of sp³-hybridized carbons (Fsp3) is 0.250. The number of aryl methyl sites for hydroxylation is 2. The van der Waals surface area contributed by atoms with E-state index >= 15 is 0 Å². The zero-order valence-corrected chi connectivity index (χ0v) is 14.6. The molecule has 3 rings (SSSR count). The van der Waals surface area contributed by atoms with Crippen LogP contribution in [0.4, 0.5) is 0 Å². The zero-order chi connectivity index (χ0) is 17.8. The van der Waals surface area contributed by atoms with Gasteiger partial charge in [0.05, 0.1) is 24.9 Å². The summed E-state index contributed by atoms with van der Waals surface area (Å²) in [6.45, 7) is 3.71. The molecular formula is C16H16N6O2S. The molecule has 1 amide bonds. The highest BCUT2D eigenvalue weighted by Gasteiger charge is 2.12. The van der Waals surface area contributed by atoms with Crippen LogP contribution in [0.15, 0.2) is 28.8 Å². The van der Waals surface area contributed by atoms with Crippen molar-refractivity contribution in [2.75, 3.05) is 0 Å². The van der Waals surface area contributed by atoms with Gasteiger partial charge in [-0.1, -0.05) is 0 Å². The van der Waals surface area contributed by atoms with E-state index in [9.17, 15) is 9.59 Å². The topological polar surface area (TPSA) is 114 Å². The van der Waals surface area contributed by atoms with Crippen molar-refractivity contribution in [1.29, 1.82) is 0 Å². The van der Waals surface area contributed by atoms with Gasteiger partial charge in [-0.3, -0.25) is 19.6 Å². The molecule has 3 heterocycles. The summed E-state index contributed by atoms with van der Waals surface area (Å²) in [5, 5.41) is 5.37. The predicted molar refractivity (Wildman–Crippen MR) is 93.0 cm³/mol. The van der Waals surface area contributed by atoms with Crippen molar-refractivity contribution >= 4 is 17.2 Å². The van der Waals surface area contributed by atoms with E-state index in [0.29, 0.717) is 22.8 Å². The molecule has 128 valence electrons. The van der Waals surface area contributed by atoms with E-state index in [-0.39, 0.29) is 24.4 Å². The van der Waals surface area contributed by atoms with Crippen molar-refractivity contribution in [2.45, 2.75) is 26.8 Å². The second-order valence-corrected chi connectivity index (χ2v) is 6.26. The minimum Gasteiger partial charge on any atom is -0.350 e. The smallest absolute Gasteiger partial charge is 0.254 e. The number of hydrogen-bond donors (Lipinski definition) is 2. The van der Waals surface area contributed by atoms with Gasteiger partial charge in [0.25, 0.3) is 5.56 Å². The maximum Gasteiger partial charge on any atom is 0.254 e. The summed E-state index contributed by atoms with van der Waals surface area (Å²) >= 11 is 1.43. The summed E-state index contributed by atoms with van der Waals surface area (Å²) in [4.78, 5) is 43.5. The van der Waals surface area contributed by atoms with E-state index in [1.165, 1.54) is 11.3 Å². The molecule has 2 N–H and O–H groups in total. The first-order chi connectivity index (χ1) is 12.0. The number of H-pyrrole nitrogens is 1. The van der Waals surface area contributed by atoms with Crippen LogP contribution in [0.2, 0.25) is 0 Å². The molecule has 3 aromatic rings. The van der Waals surface area contributed by atoms with E-state index in [0.717, 1.165) is 10.7 Å². The molecule has 25 heavy (non-hydrogen) atoms. The maximum atomic E-state index is 12.1. The highest BCUT2D eigenvalue weighted by molar-refractivity contribution is 7.13. The Morgan fingerprint density at radius 2 is 2.12 bits per heavy atom. The average Bonchev–Trinajstić information content (AvgIpc) is 3.06. The molecule has 3 aromatic heterocycles. The number of aromatic amines is 1. The summed E-state index contributed by atoms with van der Waals surface area (Å²) < 4.78 is 0. The SMILES string of the molecule is Cc1nc(C)c(CC(=O)NCc2csc(-c3cnccn3)n2)c(=O)[nH]1. The number of rotatable bonds is 5. The quantitative estimate of drug-likeness (QED) is 0.709. The summed E-state index contributed by atoms with van der Waals surface area (Å²) in [5.41, 5.74) is 2.08. The molecule has 0 saturated carbocycles. The highest BCUT2D eigenvalue weighted by atomic mass is 32.1. The Kier molecular flexibility index (Phi) is 4.94. The molecule has 0 aliphatic heterocycles. The number of amides is 1. The number of carbonyl (C=O) groups is 1. The van der Waals surface area contributed by atoms with Crippen molar-refractivity contribution < 1.29 is 4.79 Å². The first kappa shape index (κ1) is 16.9. The zero-order valence-electron chi connectivity index (χ0n) is 13.7. The minimum absolute atomic E-state index is 0.0183. The highest BCUT2D eigenvalue weighted by Crippen LogP contribution is 2.20. The molecule has 8 nitrogen and oxygen atoms in total. The Morgan fingerprint density at radius 3 is 2.84 bits per heavy atom. The summed E-state index contributed by atoms with van der Waals surface area (Å²) in [5.74, 6) is 0.277. The third kappa shape index (κ3) is 4.13. The number of hydrogen-bond acceptors (Lipinski definition) is 7. The van der Waals surface area contributed by atoms with E-state index in [4.69, 9.17) is 0 Å². The Morgan fingerprint density at radius 1 is 1.28 bits per heavy atom. The van der Waals surface area contributed by atoms with Crippen molar-refractivity contribution in [3.05, 3.63) is 57.1 Å². The van der Waals surface area contributed by atoms with Gasteiger partial charge in [-0.25, -0.2) is 9.97 Å². The fourth-order valence-electron chi connectivity index (χ4n) is 2.29. The number of carbonyl (C=O) groups excluding carboxylic acids is 1. The Labute approximate surface area is 147 Å². The van der Waals surface area contributed by atoms with Crippen molar-refractivity contribution in [2.24, 2.45) is 0 Å². The van der Waals surface area contributed by atoms with Crippen LogP contribution in [0.25, 0.3) is 10.7 Å². The number of nitrogens with zero attached hydrogens (tertiary/aromatic N) is 4. The molecule has 0 aromatic carbocycles. The largest absolute Gasteiger partial charge is 0.350 e. The lowest BCUT2D eigenvalue weighted by Crippen LogP contribution is -2.29. The minimum atomic E-state index is -0.279. The van der Waals surface area contributed by atoms with Crippen molar-refractivity contribution in [3.63, 3.8) is 0 Å². The van der Waals surface area contributed by atoms with E-state index in [1.54, 1.807) is 32.4 Å². The monoisotopic (exact) mass is 356 g/mol. The Bertz CT molecular complexity index is 951. The first-order valence-electron chi connectivity index (χ1n) is 7.57. The molecule has 0 fully saturated rings. The number of aromatic nitrogens is 5. The van der Waals surface area contributed by atoms with Crippen LogP contribution in [-0.4, -0.2) is 30.8 Å². The second-order valence-electron chi connectivity index (χ2n) is 5.40. The van der Waals surface area contributed by atoms with Crippen molar-refractivity contribution in [1.82, 2.24) is 30.2 Å². The first-order valence-corrected chi connectivity index (χ1v) is 8.45. The molecular weight excluding hydrogens is 340 g/mol. The maximum absolute atomic E-state index is 12.1. The standard InChI is InChI=1S/C16H16N6O2S/c1-9-12(15(24)21-10(2)20-9)5-14(23)19-6-11-8-25-16(22-11)13-7-17-3-4-18-13/h3-4,7-8H,5-6H2,1-2H3,(H,19,23)(H,20,21,24). The lowest BCUT2D eigenvalue weighted by Gasteiger charge is -2.06. The van der Waals surface area contributed by atoms with Crippen LogP contribution in [0.3, 0.4) is 0 Å². The molecule has 0 radical (unpaired) electrons. The van der Waals surface area contributed by atoms with Gasteiger partial charge in [-0.2, -0.15) is 0 Å². The average molecular weight is 356 g/mol. The molecule has 0 spiro atoms. The Hall–Kier alpha value is -2.94. The van der Waals surface area contributed by atoms with E-state index in [1.807, 2.05) is 5.38 Å². The van der Waals surface area contributed by atoms with Gasteiger partial charge in [0.1, 0.15) is 16.5 Å². The van der Waals surface area contributed by atoms with Gasteiger partial charge in [0.15, 0.2) is 0 Å². The van der Waals surface area contributed by atoms with Crippen LogP contribution >= 0.6 is 11.3 Å². The summed E-state index contributed by atoms with van der Waals surface area (Å²) in [6, 6.07) is 0. The van der Waals surface area contributed by atoms with Crippen LogP contribution in [-0.2, 0) is 17.8 Å². The normalized spacial score (nSPS) is 10.6. The number of thiazole rings is 1. The lowest BCUT2D eigenvalue weighted by molar-refractivity contribution is -0.120. The summed E-state index contributed by atoms with van der Waals surface area (Å²) in [6.07, 6.45) is 4.83. The van der Waals surface area contributed by atoms with Gasteiger partial charge < -0.3 is 10.3 Å². The van der Waals surface area contributed by atoms with Gasteiger partial charge in [-0.05, 0) is 13.8 Å². The predicted octanol–water partition coefficient (Wildman–Crippen LogP) is 1.16.